The molecule has 10 heteroatoms. The third-order valence-corrected chi connectivity index (χ3v) is 3.68. The number of benzene rings is 1. The van der Waals surface area contributed by atoms with Crippen LogP contribution >= 0.6 is 0 Å². The predicted octanol–water partition coefficient (Wildman–Crippen LogP) is 4.30. The van der Waals surface area contributed by atoms with Gasteiger partial charge in [0.1, 0.15) is 0 Å². The molecule has 0 amide bonds. The lowest BCUT2D eigenvalue weighted by Crippen LogP contribution is -2.58. The Morgan fingerprint density at radius 1 is 1.15 bits per heavy atom. The number of aromatic nitrogens is 1. The summed E-state index contributed by atoms with van der Waals surface area (Å²) >= 11 is 0. The number of alkyl halides is 7. The smallest absolute Gasteiger partial charge is 0.333 e. The number of nitrogens with zero attached hydrogens (tertiary/aromatic N) is 2. The first-order valence-corrected chi connectivity index (χ1v) is 7.08. The number of rotatable bonds is 5. The maximum atomic E-state index is 13.2. The molecule has 1 aromatic carbocycles. The highest BCUT2D eigenvalue weighted by atomic mass is 19.4. The van der Waals surface area contributed by atoms with Crippen LogP contribution in [0.3, 0.4) is 0 Å². The summed E-state index contributed by atoms with van der Waals surface area (Å²) in [4.78, 5) is 0. The van der Waals surface area contributed by atoms with Crippen LogP contribution in [0.1, 0.15) is 11.3 Å². The molecule has 0 aliphatic rings. The van der Waals surface area contributed by atoms with E-state index in [2.05, 4.69) is 11.0 Å². The normalized spacial score (nSPS) is 13.3. The molecule has 1 heterocycles. The van der Waals surface area contributed by atoms with Crippen LogP contribution in [0.5, 0.6) is 0 Å². The van der Waals surface area contributed by atoms with Crippen LogP contribution < -0.4 is 5.43 Å². The van der Waals surface area contributed by atoms with E-state index in [-0.39, 0.29) is 12.1 Å². The van der Waals surface area contributed by atoms with Gasteiger partial charge in [0.15, 0.2) is 0 Å². The van der Waals surface area contributed by atoms with Crippen molar-refractivity contribution in [3.8, 4) is 12.3 Å². The zero-order chi connectivity index (χ0) is 19.8. The number of hydrazone groups is 1. The molecule has 140 valence electrons. The SMILES string of the molecule is C#CCn1c(C)c(/C=N\NC(F)(F)C(F)(F)C(F)(F)F)c2ccccc21. The molecule has 0 aliphatic heterocycles. The first-order valence-electron chi connectivity index (χ1n) is 7.08. The van der Waals surface area contributed by atoms with E-state index < -0.39 is 18.1 Å². The van der Waals surface area contributed by atoms with Crippen molar-refractivity contribution in [3.05, 3.63) is 35.5 Å². The minimum Gasteiger partial charge on any atom is -0.333 e. The van der Waals surface area contributed by atoms with Gasteiger partial charge >= 0.3 is 18.1 Å². The average Bonchev–Trinajstić information content (AvgIpc) is 2.80. The van der Waals surface area contributed by atoms with Crippen LogP contribution in [0.15, 0.2) is 29.4 Å². The molecule has 0 aliphatic carbocycles. The van der Waals surface area contributed by atoms with Crippen molar-refractivity contribution in [2.45, 2.75) is 31.6 Å². The Balaban J connectivity index is 2.38. The van der Waals surface area contributed by atoms with E-state index in [1.54, 1.807) is 35.8 Å². The van der Waals surface area contributed by atoms with Crippen molar-refractivity contribution in [2.75, 3.05) is 0 Å². The molecule has 0 radical (unpaired) electrons. The van der Waals surface area contributed by atoms with Crippen LogP contribution in [0.25, 0.3) is 10.9 Å². The molecule has 0 bridgehead atoms. The van der Waals surface area contributed by atoms with Crippen LogP contribution in [-0.4, -0.2) is 28.9 Å². The Labute approximate surface area is 143 Å². The quantitative estimate of drug-likeness (QED) is 0.271. The van der Waals surface area contributed by atoms with Crippen LogP contribution in [0.2, 0.25) is 0 Å². The highest BCUT2D eigenvalue weighted by Crippen LogP contribution is 2.45. The maximum Gasteiger partial charge on any atom is 0.462 e. The van der Waals surface area contributed by atoms with Gasteiger partial charge in [0.05, 0.1) is 12.8 Å². The van der Waals surface area contributed by atoms with Gasteiger partial charge in [0.2, 0.25) is 0 Å². The lowest BCUT2D eigenvalue weighted by Gasteiger charge is -2.27. The molecule has 0 saturated carbocycles. The van der Waals surface area contributed by atoms with Crippen molar-refractivity contribution in [3.63, 3.8) is 0 Å². The summed E-state index contributed by atoms with van der Waals surface area (Å²) in [5.74, 6) is -3.88. The minimum absolute atomic E-state index is 0.149. The highest BCUT2D eigenvalue weighted by Gasteiger charge is 2.73. The topological polar surface area (TPSA) is 29.3 Å². The molecule has 2 rings (SSSR count). The zero-order valence-electron chi connectivity index (χ0n) is 13.2. The highest BCUT2D eigenvalue weighted by molar-refractivity contribution is 6.01. The van der Waals surface area contributed by atoms with E-state index in [0.717, 1.165) is 6.21 Å². The fourth-order valence-electron chi connectivity index (χ4n) is 2.34. The zero-order valence-corrected chi connectivity index (χ0v) is 13.2. The summed E-state index contributed by atoms with van der Waals surface area (Å²) in [5.41, 5.74) is 1.99. The second-order valence-electron chi connectivity index (χ2n) is 5.32. The van der Waals surface area contributed by atoms with E-state index in [0.29, 0.717) is 22.0 Å². The van der Waals surface area contributed by atoms with E-state index >= 15 is 0 Å². The number of nitrogens with one attached hydrogen (secondary N) is 1. The standard InChI is InChI=1S/C16H12F7N3/c1-3-8-26-10(2)12(11-6-4-5-7-13(11)26)9-24-25-16(22,23)14(17,18)15(19,20)21/h1,4-7,9,25H,8H2,2H3/b24-9-. The number of para-hydroxylation sites is 1. The second kappa shape index (κ2) is 6.55. The number of fused-ring (bicyclic) bond motifs is 1. The third kappa shape index (κ3) is 3.21. The molecule has 26 heavy (non-hydrogen) atoms. The van der Waals surface area contributed by atoms with Crippen molar-refractivity contribution in [1.82, 2.24) is 9.99 Å². The first kappa shape index (κ1) is 19.6. The van der Waals surface area contributed by atoms with E-state index in [4.69, 9.17) is 6.42 Å². The van der Waals surface area contributed by atoms with Gasteiger partial charge in [-0.15, -0.1) is 6.42 Å². The van der Waals surface area contributed by atoms with Gasteiger partial charge in [0, 0.05) is 22.2 Å². The summed E-state index contributed by atoms with van der Waals surface area (Å²) in [6.07, 6.45) is -0.408. The number of halogens is 7. The fraction of sp³-hybridized carbons (Fsp3) is 0.312. The minimum atomic E-state index is -6.43. The van der Waals surface area contributed by atoms with Crippen molar-refractivity contribution in [1.29, 1.82) is 0 Å². The summed E-state index contributed by atoms with van der Waals surface area (Å²) in [6, 6.07) is 1.02. The second-order valence-corrected chi connectivity index (χ2v) is 5.32. The molecule has 1 aromatic heterocycles. The van der Waals surface area contributed by atoms with Crippen molar-refractivity contribution in [2.24, 2.45) is 5.10 Å². The van der Waals surface area contributed by atoms with Crippen LogP contribution in [-0.2, 0) is 6.54 Å². The molecule has 0 saturated heterocycles. The summed E-state index contributed by atoms with van der Waals surface area (Å²) in [5, 5.41) is 3.43. The molecular formula is C16H12F7N3. The molecular weight excluding hydrogens is 367 g/mol. The number of hydrogen-bond acceptors (Lipinski definition) is 2. The maximum absolute atomic E-state index is 13.2. The summed E-state index contributed by atoms with van der Waals surface area (Å²) in [7, 11) is 0. The monoisotopic (exact) mass is 379 g/mol. The third-order valence-electron chi connectivity index (χ3n) is 3.68. The van der Waals surface area contributed by atoms with Gasteiger partial charge in [-0.1, -0.05) is 24.1 Å². The number of terminal acetylenes is 1. The van der Waals surface area contributed by atoms with Crippen LogP contribution in [0, 0.1) is 19.3 Å². The molecule has 0 unspecified atom stereocenters. The van der Waals surface area contributed by atoms with Gasteiger partial charge in [-0.3, -0.25) is 0 Å². The fourth-order valence-corrected chi connectivity index (χ4v) is 2.34. The molecule has 0 atom stereocenters. The van der Waals surface area contributed by atoms with Gasteiger partial charge in [-0.2, -0.15) is 35.8 Å². The molecule has 3 nitrogen and oxygen atoms in total. The molecule has 1 N–H and O–H groups in total. The van der Waals surface area contributed by atoms with Crippen LogP contribution in [0.4, 0.5) is 30.7 Å². The predicted molar refractivity (Wildman–Crippen MR) is 82.2 cm³/mol. The molecule has 0 spiro atoms. The Morgan fingerprint density at radius 3 is 2.35 bits per heavy atom. The Kier molecular flexibility index (Phi) is 4.94. The van der Waals surface area contributed by atoms with Gasteiger partial charge in [0.25, 0.3) is 0 Å². The lowest BCUT2D eigenvalue weighted by atomic mass is 10.1. The van der Waals surface area contributed by atoms with Gasteiger partial charge < -0.3 is 4.57 Å². The Hall–Kier alpha value is -2.70. The Morgan fingerprint density at radius 2 is 1.77 bits per heavy atom. The van der Waals surface area contributed by atoms with Gasteiger partial charge in [-0.05, 0) is 13.0 Å². The van der Waals surface area contributed by atoms with E-state index in [9.17, 15) is 30.7 Å². The van der Waals surface area contributed by atoms with E-state index in [1.165, 1.54) is 0 Å². The first-order chi connectivity index (χ1) is 11.9. The van der Waals surface area contributed by atoms with Gasteiger partial charge in [-0.25, -0.2) is 5.43 Å². The number of hydrogen-bond donors (Lipinski definition) is 1. The summed E-state index contributed by atoms with van der Waals surface area (Å²) < 4.78 is 90.0. The van der Waals surface area contributed by atoms with E-state index in [1.807, 2.05) is 0 Å². The summed E-state index contributed by atoms with van der Waals surface area (Å²) in [6.45, 7) is 1.73. The lowest BCUT2D eigenvalue weighted by molar-refractivity contribution is -0.361. The van der Waals surface area contributed by atoms with Crippen molar-refractivity contribution < 1.29 is 30.7 Å². The van der Waals surface area contributed by atoms with Crippen molar-refractivity contribution >= 4 is 17.1 Å². The molecule has 0 fully saturated rings. The largest absolute Gasteiger partial charge is 0.462 e. The molecule has 2 aromatic rings. The Bertz CT molecular complexity index is 872. The average molecular weight is 379 g/mol.